The van der Waals surface area contributed by atoms with Crippen molar-refractivity contribution in [2.45, 2.75) is 142 Å². The van der Waals surface area contributed by atoms with Gasteiger partial charge in [0.25, 0.3) is 0 Å². The summed E-state index contributed by atoms with van der Waals surface area (Å²) in [7, 11) is 0. The monoisotopic (exact) mass is 763 g/mol. The number of rotatable bonds is 7. The minimum Gasteiger partial charge on any atom is -0.342 e. The molecule has 0 saturated carbocycles. The third-order valence-electron chi connectivity index (χ3n) is 11.8. The molecule has 4 aliphatic heterocycles. The summed E-state index contributed by atoms with van der Waals surface area (Å²) >= 11 is 0. The fourth-order valence-corrected chi connectivity index (χ4v) is 8.47. The largest absolute Gasteiger partial charge is 0.342 e. The van der Waals surface area contributed by atoms with E-state index < -0.39 is 77.7 Å². The van der Waals surface area contributed by atoms with Gasteiger partial charge in [0.15, 0.2) is 0 Å². The van der Waals surface area contributed by atoms with Crippen LogP contribution in [0.1, 0.15) is 98.5 Å². The predicted octanol–water partition coefficient (Wildman–Crippen LogP) is 1.90. The summed E-state index contributed by atoms with van der Waals surface area (Å²) in [5, 5.41) is 11.8. The van der Waals surface area contributed by atoms with Crippen LogP contribution in [-0.2, 0) is 40.0 Å². The fourth-order valence-electron chi connectivity index (χ4n) is 8.47. The molecule has 55 heavy (non-hydrogen) atoms. The minimum absolute atomic E-state index is 0.0284. The van der Waals surface area contributed by atoms with Crippen molar-refractivity contribution >= 4 is 41.4 Å². The van der Waals surface area contributed by atoms with E-state index in [-0.39, 0.29) is 30.1 Å². The number of nitrogens with one attached hydrogen (secondary N) is 4. The molecule has 4 heterocycles. The zero-order valence-electron chi connectivity index (χ0n) is 33.3. The Bertz CT molecular complexity index is 1590. The third kappa shape index (κ3) is 9.67. The Morgan fingerprint density at radius 3 is 1.53 bits per heavy atom. The molecule has 0 bridgehead atoms. The molecule has 302 valence electrons. The highest BCUT2D eigenvalue weighted by atomic mass is 16.2. The molecule has 14 nitrogen and oxygen atoms in total. The van der Waals surface area contributed by atoms with E-state index in [1.807, 2.05) is 71.9 Å². The maximum Gasteiger partial charge on any atom is 0.246 e. The van der Waals surface area contributed by atoms with Crippen molar-refractivity contribution in [2.75, 3.05) is 19.6 Å². The Labute approximate surface area is 325 Å². The SMILES string of the molecule is CC[C@H](C)[C@@H]1NC(=O)[C@@H]2CCCN2C(=O)[C@H](CC(C)C)NC(=O)[C@@H]2CCCN2C(=O)[C@H](C(C)C)NC(=O)[C@@H]2CCCN2C(=O)[C@H](Cc2ccccc2)NC1=O. The highest BCUT2D eigenvalue weighted by Crippen LogP contribution is 2.26. The van der Waals surface area contributed by atoms with Crippen LogP contribution in [0.3, 0.4) is 0 Å². The predicted molar refractivity (Wildman–Crippen MR) is 206 cm³/mol. The van der Waals surface area contributed by atoms with Gasteiger partial charge in [0, 0.05) is 26.1 Å². The Morgan fingerprint density at radius 2 is 1.04 bits per heavy atom. The van der Waals surface area contributed by atoms with Gasteiger partial charge < -0.3 is 36.0 Å². The van der Waals surface area contributed by atoms with Crippen LogP contribution in [0.5, 0.6) is 0 Å². The van der Waals surface area contributed by atoms with Gasteiger partial charge in [-0.1, -0.05) is 78.3 Å². The lowest BCUT2D eigenvalue weighted by Crippen LogP contribution is -2.60. The molecule has 0 aliphatic carbocycles. The lowest BCUT2D eigenvalue weighted by Gasteiger charge is -2.34. The van der Waals surface area contributed by atoms with Crippen molar-refractivity contribution in [1.29, 1.82) is 0 Å². The molecule has 4 fully saturated rings. The quantitative estimate of drug-likeness (QED) is 0.328. The zero-order valence-corrected chi connectivity index (χ0v) is 33.3. The normalized spacial score (nSPS) is 29.6. The molecule has 0 spiro atoms. The van der Waals surface area contributed by atoms with E-state index in [0.29, 0.717) is 71.0 Å². The van der Waals surface area contributed by atoms with Gasteiger partial charge in [-0.15, -0.1) is 0 Å². The van der Waals surface area contributed by atoms with Gasteiger partial charge >= 0.3 is 0 Å². The van der Waals surface area contributed by atoms with Crippen LogP contribution in [0.2, 0.25) is 0 Å². The van der Waals surface area contributed by atoms with Crippen LogP contribution in [0.4, 0.5) is 0 Å². The molecule has 4 aliphatic rings. The molecular weight excluding hydrogens is 702 g/mol. The lowest BCUT2D eigenvalue weighted by atomic mass is 9.96. The summed E-state index contributed by atoms with van der Waals surface area (Å²) < 4.78 is 0. The number of amides is 7. The standard InChI is InChI=1S/C41H61N7O7/c1-7-26(6)34-38(52)43-29(23-27-14-9-8-10-15-27)40(54)47-20-11-17-31(47)36(50)44-33(25(4)5)41(55)48-21-13-16-30(48)35(49)42-28(22-24(2)3)39(53)46-19-12-18-32(46)37(51)45-34/h8-10,14-15,24-26,28-34H,7,11-13,16-23H2,1-6H3,(H,42,49)(H,43,52)(H,44,50)(H,45,51)/t26-,28-,29-,30-,31-,32-,33-,34-/m0/s1. The average molecular weight is 764 g/mol. The molecular formula is C41H61N7O7. The number of benzene rings is 1. The Hall–Kier alpha value is -4.49. The molecule has 1 aromatic carbocycles. The summed E-state index contributed by atoms with van der Waals surface area (Å²) in [6.07, 6.45) is 3.92. The second kappa shape index (κ2) is 18.4. The van der Waals surface area contributed by atoms with Crippen LogP contribution in [0, 0.1) is 17.8 Å². The number of fused-ring (bicyclic) bond motifs is 3. The van der Waals surface area contributed by atoms with E-state index in [9.17, 15) is 33.6 Å². The first-order chi connectivity index (χ1) is 26.2. The van der Waals surface area contributed by atoms with Crippen molar-refractivity contribution in [3.8, 4) is 0 Å². The molecule has 5 rings (SSSR count). The second-order valence-corrected chi connectivity index (χ2v) is 16.6. The van der Waals surface area contributed by atoms with Crippen LogP contribution in [-0.4, -0.2) is 118 Å². The number of hydrogen-bond acceptors (Lipinski definition) is 7. The van der Waals surface area contributed by atoms with Crippen molar-refractivity contribution in [3.63, 3.8) is 0 Å². The van der Waals surface area contributed by atoms with Gasteiger partial charge in [-0.05, 0) is 68.3 Å². The zero-order chi connectivity index (χ0) is 40.0. The summed E-state index contributed by atoms with van der Waals surface area (Å²) in [5.74, 6) is -3.75. The molecule has 4 N–H and O–H groups in total. The number of carbonyl (C=O) groups excluding carboxylic acids is 7. The van der Waals surface area contributed by atoms with Gasteiger partial charge in [-0.25, -0.2) is 0 Å². The van der Waals surface area contributed by atoms with E-state index in [1.54, 1.807) is 0 Å². The maximum absolute atomic E-state index is 14.5. The Morgan fingerprint density at radius 1 is 0.582 bits per heavy atom. The van der Waals surface area contributed by atoms with Crippen molar-refractivity contribution in [2.24, 2.45) is 17.8 Å². The average Bonchev–Trinajstić information content (AvgIpc) is 3.95. The molecule has 1 aromatic rings. The van der Waals surface area contributed by atoms with E-state index in [4.69, 9.17) is 0 Å². The lowest BCUT2D eigenvalue weighted by molar-refractivity contribution is -0.146. The summed E-state index contributed by atoms with van der Waals surface area (Å²) in [5.41, 5.74) is 0.806. The summed E-state index contributed by atoms with van der Waals surface area (Å²) in [4.78, 5) is 104. The van der Waals surface area contributed by atoms with Crippen LogP contribution < -0.4 is 21.3 Å². The maximum atomic E-state index is 14.5. The van der Waals surface area contributed by atoms with E-state index in [2.05, 4.69) is 21.3 Å². The van der Waals surface area contributed by atoms with Crippen molar-refractivity contribution < 1.29 is 33.6 Å². The smallest absolute Gasteiger partial charge is 0.246 e. The molecule has 0 unspecified atom stereocenters. The highest BCUT2D eigenvalue weighted by Gasteiger charge is 2.45. The van der Waals surface area contributed by atoms with Gasteiger partial charge in [0.1, 0.15) is 42.3 Å². The Balaban J connectivity index is 1.55. The number of carbonyl (C=O) groups is 7. The van der Waals surface area contributed by atoms with Gasteiger partial charge in [-0.3, -0.25) is 33.6 Å². The first kappa shape index (κ1) is 41.7. The first-order valence-corrected chi connectivity index (χ1v) is 20.4. The van der Waals surface area contributed by atoms with E-state index in [1.165, 1.54) is 14.7 Å². The van der Waals surface area contributed by atoms with E-state index >= 15 is 0 Å². The topological polar surface area (TPSA) is 177 Å². The summed E-state index contributed by atoms with van der Waals surface area (Å²) in [6.45, 7) is 12.2. The number of hydrogen-bond donors (Lipinski definition) is 4. The molecule has 7 amide bonds. The first-order valence-electron chi connectivity index (χ1n) is 20.4. The summed E-state index contributed by atoms with van der Waals surface area (Å²) in [6, 6.07) is 2.78. The van der Waals surface area contributed by atoms with Gasteiger partial charge in [-0.2, -0.15) is 0 Å². The number of nitrogens with zero attached hydrogens (tertiary/aromatic N) is 3. The third-order valence-corrected chi connectivity index (χ3v) is 11.8. The molecule has 4 saturated heterocycles. The van der Waals surface area contributed by atoms with Crippen LogP contribution in [0.25, 0.3) is 0 Å². The van der Waals surface area contributed by atoms with Gasteiger partial charge in [0.2, 0.25) is 41.4 Å². The Kier molecular flexibility index (Phi) is 14.0. The highest BCUT2D eigenvalue weighted by molar-refractivity contribution is 5.99. The molecule has 14 heteroatoms. The van der Waals surface area contributed by atoms with Gasteiger partial charge in [0.05, 0.1) is 0 Å². The van der Waals surface area contributed by atoms with Crippen molar-refractivity contribution in [1.82, 2.24) is 36.0 Å². The van der Waals surface area contributed by atoms with Crippen molar-refractivity contribution in [3.05, 3.63) is 35.9 Å². The molecule has 8 atom stereocenters. The van der Waals surface area contributed by atoms with Crippen LogP contribution in [0.15, 0.2) is 30.3 Å². The molecule has 0 aromatic heterocycles. The fraction of sp³-hybridized carbons (Fsp3) is 0.683. The minimum atomic E-state index is -1.05. The second-order valence-electron chi connectivity index (χ2n) is 16.6. The van der Waals surface area contributed by atoms with Crippen LogP contribution >= 0.6 is 0 Å². The van der Waals surface area contributed by atoms with E-state index in [0.717, 1.165) is 5.56 Å². The molecule has 0 radical (unpaired) electrons.